The Morgan fingerprint density at radius 1 is 1.26 bits per heavy atom. The van der Waals surface area contributed by atoms with Gasteiger partial charge in [-0.1, -0.05) is 30.3 Å². The lowest BCUT2D eigenvalue weighted by Gasteiger charge is -2.32. The summed E-state index contributed by atoms with van der Waals surface area (Å²) < 4.78 is 5.91. The fourth-order valence-electron chi connectivity index (χ4n) is 3.42. The molecule has 2 unspecified atom stereocenters. The maximum Gasteiger partial charge on any atom is 0.226 e. The van der Waals surface area contributed by atoms with Crippen molar-refractivity contribution >= 4 is 5.91 Å². The molecule has 0 radical (unpaired) electrons. The van der Waals surface area contributed by atoms with E-state index < -0.39 is 0 Å². The van der Waals surface area contributed by atoms with Gasteiger partial charge >= 0.3 is 0 Å². The van der Waals surface area contributed by atoms with Crippen molar-refractivity contribution in [2.24, 2.45) is 5.92 Å². The first kappa shape index (κ1) is 16.4. The smallest absolute Gasteiger partial charge is 0.226 e. The van der Waals surface area contributed by atoms with Crippen molar-refractivity contribution in [3.05, 3.63) is 35.9 Å². The largest absolute Gasteiger partial charge is 0.373 e. The molecule has 23 heavy (non-hydrogen) atoms. The zero-order valence-electron chi connectivity index (χ0n) is 13.7. The van der Waals surface area contributed by atoms with Gasteiger partial charge in [0.1, 0.15) is 0 Å². The van der Waals surface area contributed by atoms with Gasteiger partial charge in [-0.15, -0.1) is 0 Å². The third-order valence-corrected chi connectivity index (χ3v) is 4.72. The molecular formula is C18H27N3O2. The van der Waals surface area contributed by atoms with Crippen LogP contribution in [0.15, 0.2) is 30.3 Å². The normalized spacial score (nSPS) is 25.9. The second-order valence-electron chi connectivity index (χ2n) is 6.33. The van der Waals surface area contributed by atoms with Crippen molar-refractivity contribution in [2.45, 2.75) is 18.9 Å². The average molecular weight is 317 g/mol. The molecule has 1 aromatic rings. The monoisotopic (exact) mass is 317 g/mol. The molecule has 126 valence electrons. The number of hydrogen-bond donors (Lipinski definition) is 2. The summed E-state index contributed by atoms with van der Waals surface area (Å²) in [6.45, 7) is 6.60. The van der Waals surface area contributed by atoms with Gasteiger partial charge in [0.2, 0.25) is 5.91 Å². The minimum atomic E-state index is -0.107. The van der Waals surface area contributed by atoms with Gasteiger partial charge in [-0.3, -0.25) is 9.69 Å². The number of amides is 1. The van der Waals surface area contributed by atoms with Crippen LogP contribution in [0.25, 0.3) is 0 Å². The molecule has 5 nitrogen and oxygen atoms in total. The maximum atomic E-state index is 12.6. The van der Waals surface area contributed by atoms with Crippen LogP contribution < -0.4 is 10.6 Å². The van der Waals surface area contributed by atoms with Crippen LogP contribution >= 0.6 is 0 Å². The lowest BCUT2D eigenvalue weighted by molar-refractivity contribution is -0.134. The lowest BCUT2D eigenvalue weighted by Crippen LogP contribution is -2.47. The Balaban J connectivity index is 1.52. The molecular weight excluding hydrogens is 290 g/mol. The van der Waals surface area contributed by atoms with Crippen LogP contribution in [0.3, 0.4) is 0 Å². The van der Waals surface area contributed by atoms with E-state index in [1.54, 1.807) is 0 Å². The van der Waals surface area contributed by atoms with Gasteiger partial charge in [-0.2, -0.15) is 0 Å². The highest BCUT2D eigenvalue weighted by atomic mass is 16.5. The van der Waals surface area contributed by atoms with E-state index in [2.05, 4.69) is 27.7 Å². The second kappa shape index (κ2) is 8.43. The van der Waals surface area contributed by atoms with Crippen LogP contribution in [0.5, 0.6) is 0 Å². The quantitative estimate of drug-likeness (QED) is 0.856. The molecule has 2 aliphatic rings. The molecule has 2 fully saturated rings. The highest BCUT2D eigenvalue weighted by Crippen LogP contribution is 2.33. The Bertz CT molecular complexity index is 488. The van der Waals surface area contributed by atoms with Crippen LogP contribution in [0.4, 0.5) is 0 Å². The Morgan fingerprint density at radius 2 is 2.04 bits per heavy atom. The van der Waals surface area contributed by atoms with Gasteiger partial charge in [0.15, 0.2) is 0 Å². The second-order valence-corrected chi connectivity index (χ2v) is 6.33. The van der Waals surface area contributed by atoms with E-state index in [9.17, 15) is 4.79 Å². The van der Waals surface area contributed by atoms with E-state index in [1.807, 2.05) is 18.2 Å². The SMILES string of the molecule is O=C(NCCN1CCNCC1)C1CCCOC1c1ccccc1. The van der Waals surface area contributed by atoms with E-state index in [0.717, 1.165) is 64.3 Å². The van der Waals surface area contributed by atoms with Gasteiger partial charge < -0.3 is 15.4 Å². The van der Waals surface area contributed by atoms with E-state index in [0.29, 0.717) is 0 Å². The predicted molar refractivity (Wildman–Crippen MR) is 90.2 cm³/mol. The molecule has 2 aliphatic heterocycles. The van der Waals surface area contributed by atoms with Gasteiger partial charge in [-0.25, -0.2) is 0 Å². The summed E-state index contributed by atoms with van der Waals surface area (Å²) >= 11 is 0. The number of carbonyl (C=O) groups is 1. The molecule has 2 saturated heterocycles. The number of hydrogen-bond acceptors (Lipinski definition) is 4. The molecule has 1 aromatic carbocycles. The number of ether oxygens (including phenoxy) is 1. The molecule has 5 heteroatoms. The van der Waals surface area contributed by atoms with Crippen molar-refractivity contribution in [1.29, 1.82) is 0 Å². The Labute approximate surface area is 138 Å². The minimum absolute atomic E-state index is 0.0748. The number of nitrogens with one attached hydrogen (secondary N) is 2. The van der Waals surface area contributed by atoms with Gasteiger partial charge in [0.05, 0.1) is 12.0 Å². The molecule has 0 saturated carbocycles. The zero-order valence-corrected chi connectivity index (χ0v) is 13.7. The molecule has 1 amide bonds. The topological polar surface area (TPSA) is 53.6 Å². The van der Waals surface area contributed by atoms with Crippen molar-refractivity contribution in [3.63, 3.8) is 0 Å². The Morgan fingerprint density at radius 3 is 2.83 bits per heavy atom. The minimum Gasteiger partial charge on any atom is -0.373 e. The zero-order chi connectivity index (χ0) is 15.9. The average Bonchev–Trinajstić information content (AvgIpc) is 2.63. The summed E-state index contributed by atoms with van der Waals surface area (Å²) in [5, 5.41) is 6.46. The van der Waals surface area contributed by atoms with E-state index >= 15 is 0 Å². The Hall–Kier alpha value is -1.43. The van der Waals surface area contributed by atoms with Crippen molar-refractivity contribution in [1.82, 2.24) is 15.5 Å². The number of piperazine rings is 1. The predicted octanol–water partition coefficient (Wildman–Crippen LogP) is 1.18. The molecule has 2 atom stereocenters. The number of rotatable bonds is 5. The molecule has 0 aromatic heterocycles. The molecule has 2 N–H and O–H groups in total. The fourth-order valence-corrected chi connectivity index (χ4v) is 3.42. The molecule has 0 spiro atoms. The number of carbonyl (C=O) groups excluding carboxylic acids is 1. The highest BCUT2D eigenvalue weighted by molar-refractivity contribution is 5.79. The summed E-state index contributed by atoms with van der Waals surface area (Å²) in [6.07, 6.45) is 1.75. The van der Waals surface area contributed by atoms with Crippen LogP contribution in [-0.2, 0) is 9.53 Å². The molecule has 2 heterocycles. The standard InChI is InChI=1S/C18H27N3O2/c22-18(20-10-13-21-11-8-19-9-12-21)16-7-4-14-23-17(16)15-5-2-1-3-6-15/h1-3,5-6,16-17,19H,4,7-14H2,(H,20,22). The van der Waals surface area contributed by atoms with Crippen LogP contribution in [0, 0.1) is 5.92 Å². The summed E-state index contributed by atoms with van der Waals surface area (Å²) in [5.41, 5.74) is 1.11. The van der Waals surface area contributed by atoms with Crippen molar-refractivity contribution < 1.29 is 9.53 Å². The summed E-state index contributed by atoms with van der Waals surface area (Å²) in [7, 11) is 0. The van der Waals surface area contributed by atoms with Crippen molar-refractivity contribution in [3.8, 4) is 0 Å². The van der Waals surface area contributed by atoms with E-state index in [4.69, 9.17) is 4.74 Å². The Kier molecular flexibility index (Phi) is 6.02. The molecule has 0 aliphatic carbocycles. The first-order valence-electron chi connectivity index (χ1n) is 8.72. The van der Waals surface area contributed by atoms with Gasteiger partial charge in [-0.05, 0) is 18.4 Å². The van der Waals surface area contributed by atoms with E-state index in [1.165, 1.54) is 0 Å². The summed E-state index contributed by atoms with van der Waals surface area (Å²) in [6, 6.07) is 10.1. The third-order valence-electron chi connectivity index (χ3n) is 4.72. The van der Waals surface area contributed by atoms with E-state index in [-0.39, 0.29) is 17.9 Å². The number of benzene rings is 1. The highest BCUT2D eigenvalue weighted by Gasteiger charge is 2.32. The fraction of sp³-hybridized carbons (Fsp3) is 0.611. The van der Waals surface area contributed by atoms with Gasteiger partial charge in [0.25, 0.3) is 0 Å². The molecule has 3 rings (SSSR count). The first-order chi connectivity index (χ1) is 11.3. The van der Waals surface area contributed by atoms with Crippen LogP contribution in [-0.4, -0.2) is 56.7 Å². The number of nitrogens with zero attached hydrogens (tertiary/aromatic N) is 1. The third kappa shape index (κ3) is 4.53. The van der Waals surface area contributed by atoms with Crippen molar-refractivity contribution in [2.75, 3.05) is 45.9 Å². The lowest BCUT2D eigenvalue weighted by atomic mass is 9.89. The van der Waals surface area contributed by atoms with Gasteiger partial charge in [0, 0.05) is 45.9 Å². The summed E-state index contributed by atoms with van der Waals surface area (Å²) in [4.78, 5) is 15.0. The molecule has 0 bridgehead atoms. The first-order valence-corrected chi connectivity index (χ1v) is 8.72. The summed E-state index contributed by atoms with van der Waals surface area (Å²) in [5.74, 6) is 0.0582. The van der Waals surface area contributed by atoms with Crippen LogP contribution in [0.1, 0.15) is 24.5 Å². The maximum absolute atomic E-state index is 12.6. The van der Waals surface area contributed by atoms with Crippen LogP contribution in [0.2, 0.25) is 0 Å².